The van der Waals surface area contributed by atoms with Gasteiger partial charge in [-0.25, -0.2) is 0 Å². The summed E-state index contributed by atoms with van der Waals surface area (Å²) >= 11 is 0. The van der Waals surface area contributed by atoms with Crippen molar-refractivity contribution in [2.24, 2.45) is 0 Å². The highest BCUT2D eigenvalue weighted by atomic mass is 14.9. The van der Waals surface area contributed by atoms with E-state index in [0.717, 1.165) is 6.04 Å². The summed E-state index contributed by atoms with van der Waals surface area (Å²) in [6.07, 6.45) is 9.75. The summed E-state index contributed by atoms with van der Waals surface area (Å²) in [6, 6.07) is 0.768. The molecule has 1 heteroatoms. The lowest BCUT2D eigenvalue weighted by Crippen LogP contribution is -2.33. The van der Waals surface area contributed by atoms with Crippen molar-refractivity contribution >= 4 is 0 Å². The number of hydrogen-bond donors (Lipinski definition) is 1. The highest BCUT2D eigenvalue weighted by molar-refractivity contribution is 4.84. The Labute approximate surface area is 63.5 Å². The topological polar surface area (TPSA) is 12.0 Å². The van der Waals surface area contributed by atoms with Gasteiger partial charge >= 0.3 is 0 Å². The normalized spacial score (nSPS) is 27.5. The van der Waals surface area contributed by atoms with Crippen LogP contribution in [0, 0.1) is 0 Å². The lowest BCUT2D eigenvalue weighted by Gasteiger charge is -2.21. The van der Waals surface area contributed by atoms with Crippen LogP contribution in [0.1, 0.15) is 32.6 Å². The monoisotopic (exact) mass is 139 g/mol. The summed E-state index contributed by atoms with van der Waals surface area (Å²) in [5.74, 6) is 0. The maximum Gasteiger partial charge on any atom is 0.0102 e. The van der Waals surface area contributed by atoms with E-state index in [2.05, 4.69) is 24.4 Å². The third-order valence-electron chi connectivity index (χ3n) is 2.07. The van der Waals surface area contributed by atoms with E-state index >= 15 is 0 Å². The standard InChI is InChI=1S/C9H17N/c1-2-3-6-9-7-4-5-8-10-9/h2-3,9-10H,4-8H2,1H3/b3-2+/t9-/m0/s1. The van der Waals surface area contributed by atoms with Crippen LogP contribution in [0.4, 0.5) is 0 Å². The molecule has 1 saturated heterocycles. The van der Waals surface area contributed by atoms with Gasteiger partial charge in [0.2, 0.25) is 0 Å². The Morgan fingerprint density at radius 1 is 1.50 bits per heavy atom. The molecule has 1 aliphatic heterocycles. The Bertz CT molecular complexity index is 101. The molecule has 0 amide bonds. The van der Waals surface area contributed by atoms with Crippen LogP contribution in [-0.4, -0.2) is 12.6 Å². The molecule has 1 aliphatic rings. The van der Waals surface area contributed by atoms with Crippen molar-refractivity contribution in [3.63, 3.8) is 0 Å². The van der Waals surface area contributed by atoms with Crippen LogP contribution in [0.5, 0.6) is 0 Å². The second-order valence-corrected chi connectivity index (χ2v) is 2.95. The zero-order valence-corrected chi connectivity index (χ0v) is 6.77. The second-order valence-electron chi connectivity index (χ2n) is 2.95. The van der Waals surface area contributed by atoms with E-state index in [1.54, 1.807) is 0 Å². The van der Waals surface area contributed by atoms with Gasteiger partial charge in [-0.15, -0.1) is 0 Å². The summed E-state index contributed by atoms with van der Waals surface area (Å²) in [6.45, 7) is 3.31. The van der Waals surface area contributed by atoms with E-state index in [1.807, 2.05) is 0 Å². The molecular weight excluding hydrogens is 122 g/mol. The largest absolute Gasteiger partial charge is 0.314 e. The Hall–Kier alpha value is -0.300. The van der Waals surface area contributed by atoms with E-state index in [1.165, 1.54) is 32.2 Å². The van der Waals surface area contributed by atoms with Crippen LogP contribution in [0.2, 0.25) is 0 Å². The molecule has 1 heterocycles. The summed E-state index contributed by atoms with van der Waals surface area (Å²) in [7, 11) is 0. The highest BCUT2D eigenvalue weighted by Gasteiger charge is 2.09. The summed E-state index contributed by atoms with van der Waals surface area (Å²) in [5, 5.41) is 3.50. The van der Waals surface area contributed by atoms with E-state index < -0.39 is 0 Å². The van der Waals surface area contributed by atoms with E-state index in [-0.39, 0.29) is 0 Å². The molecule has 0 aromatic rings. The SMILES string of the molecule is C/C=C/C[C@H]1CCCCN1. The van der Waals surface area contributed by atoms with Crippen LogP contribution in [0.3, 0.4) is 0 Å². The lowest BCUT2D eigenvalue weighted by atomic mass is 10.0. The molecular formula is C9H17N. The van der Waals surface area contributed by atoms with Gasteiger partial charge < -0.3 is 5.32 Å². The molecule has 1 N–H and O–H groups in total. The molecule has 1 atom stereocenters. The molecule has 0 radical (unpaired) electrons. The van der Waals surface area contributed by atoms with Crippen molar-refractivity contribution in [3.8, 4) is 0 Å². The summed E-state index contributed by atoms with van der Waals surface area (Å²) in [5.41, 5.74) is 0. The first kappa shape index (κ1) is 7.80. The van der Waals surface area contributed by atoms with Crippen LogP contribution in [-0.2, 0) is 0 Å². The minimum absolute atomic E-state index is 0.768. The molecule has 1 rings (SSSR count). The fourth-order valence-corrected chi connectivity index (χ4v) is 1.43. The van der Waals surface area contributed by atoms with Crippen molar-refractivity contribution in [1.29, 1.82) is 0 Å². The van der Waals surface area contributed by atoms with Crippen molar-refractivity contribution in [1.82, 2.24) is 5.32 Å². The quantitative estimate of drug-likeness (QED) is 0.578. The number of rotatable bonds is 2. The van der Waals surface area contributed by atoms with Gasteiger partial charge in [0.05, 0.1) is 0 Å². The third kappa shape index (κ3) is 2.53. The zero-order valence-electron chi connectivity index (χ0n) is 6.77. The molecule has 0 bridgehead atoms. The van der Waals surface area contributed by atoms with Gasteiger partial charge in [0.15, 0.2) is 0 Å². The minimum atomic E-state index is 0.768. The Kier molecular flexibility index (Phi) is 3.52. The fraction of sp³-hybridized carbons (Fsp3) is 0.778. The van der Waals surface area contributed by atoms with Crippen molar-refractivity contribution in [2.45, 2.75) is 38.6 Å². The van der Waals surface area contributed by atoms with Crippen LogP contribution >= 0.6 is 0 Å². The van der Waals surface area contributed by atoms with Crippen LogP contribution in [0.15, 0.2) is 12.2 Å². The van der Waals surface area contributed by atoms with Gasteiger partial charge in [0, 0.05) is 6.04 Å². The highest BCUT2D eigenvalue weighted by Crippen LogP contribution is 2.09. The van der Waals surface area contributed by atoms with Crippen molar-refractivity contribution in [3.05, 3.63) is 12.2 Å². The van der Waals surface area contributed by atoms with Crippen LogP contribution in [0.25, 0.3) is 0 Å². The number of nitrogens with one attached hydrogen (secondary N) is 1. The average molecular weight is 139 g/mol. The molecule has 0 saturated carbocycles. The Morgan fingerprint density at radius 2 is 2.40 bits per heavy atom. The van der Waals surface area contributed by atoms with Gasteiger partial charge in [-0.1, -0.05) is 18.6 Å². The minimum Gasteiger partial charge on any atom is -0.314 e. The second kappa shape index (κ2) is 4.51. The van der Waals surface area contributed by atoms with Crippen LogP contribution < -0.4 is 5.32 Å². The fourth-order valence-electron chi connectivity index (χ4n) is 1.43. The first-order valence-electron chi connectivity index (χ1n) is 4.28. The first-order valence-corrected chi connectivity index (χ1v) is 4.28. The maximum absolute atomic E-state index is 3.50. The molecule has 1 nitrogen and oxygen atoms in total. The molecule has 58 valence electrons. The summed E-state index contributed by atoms with van der Waals surface area (Å²) in [4.78, 5) is 0. The number of piperidine rings is 1. The van der Waals surface area contributed by atoms with E-state index in [4.69, 9.17) is 0 Å². The average Bonchev–Trinajstić information content (AvgIpc) is 2.03. The van der Waals surface area contributed by atoms with Gasteiger partial charge in [-0.3, -0.25) is 0 Å². The smallest absolute Gasteiger partial charge is 0.0102 e. The molecule has 1 fully saturated rings. The molecule has 0 aromatic carbocycles. The molecule has 0 aromatic heterocycles. The van der Waals surface area contributed by atoms with E-state index in [0.29, 0.717) is 0 Å². The number of allylic oxidation sites excluding steroid dienone is 1. The Morgan fingerprint density at radius 3 is 3.00 bits per heavy atom. The number of hydrogen-bond acceptors (Lipinski definition) is 1. The molecule has 0 aliphatic carbocycles. The van der Waals surface area contributed by atoms with Crippen molar-refractivity contribution < 1.29 is 0 Å². The summed E-state index contributed by atoms with van der Waals surface area (Å²) < 4.78 is 0. The predicted octanol–water partition coefficient (Wildman–Crippen LogP) is 2.09. The van der Waals surface area contributed by atoms with Gasteiger partial charge in [-0.2, -0.15) is 0 Å². The van der Waals surface area contributed by atoms with Gasteiger partial charge in [0.25, 0.3) is 0 Å². The van der Waals surface area contributed by atoms with Gasteiger partial charge in [0.1, 0.15) is 0 Å². The van der Waals surface area contributed by atoms with Gasteiger partial charge in [-0.05, 0) is 32.7 Å². The van der Waals surface area contributed by atoms with E-state index in [9.17, 15) is 0 Å². The zero-order chi connectivity index (χ0) is 7.23. The first-order chi connectivity index (χ1) is 4.93. The lowest BCUT2D eigenvalue weighted by molar-refractivity contribution is 0.403. The van der Waals surface area contributed by atoms with Crippen molar-refractivity contribution in [2.75, 3.05) is 6.54 Å². The molecule has 0 spiro atoms. The molecule has 0 unspecified atom stereocenters. The maximum atomic E-state index is 3.50. The predicted molar refractivity (Wildman–Crippen MR) is 45.1 cm³/mol. The third-order valence-corrected chi connectivity index (χ3v) is 2.07. The Balaban J connectivity index is 2.13. The molecule has 10 heavy (non-hydrogen) atoms.